The molecule has 19 heavy (non-hydrogen) atoms. The van der Waals surface area contributed by atoms with Crippen LogP contribution in [-0.2, 0) is 12.9 Å². The number of hydrogen-bond acceptors (Lipinski definition) is 2. The fraction of sp³-hybridized carbons (Fsp3) is 0.231. The summed E-state index contributed by atoms with van der Waals surface area (Å²) in [5.41, 5.74) is 3.63. The molecule has 0 aliphatic carbocycles. The van der Waals surface area contributed by atoms with Crippen LogP contribution in [0.5, 0.6) is 0 Å². The Labute approximate surface area is 120 Å². The van der Waals surface area contributed by atoms with E-state index < -0.39 is 0 Å². The Morgan fingerprint density at radius 2 is 2.11 bits per heavy atom. The smallest absolute Gasteiger partial charge is 0.163 e. The number of aryl methyl sites for hydroxylation is 2. The van der Waals surface area contributed by atoms with Crippen molar-refractivity contribution in [3.63, 3.8) is 0 Å². The topological polar surface area (TPSA) is 35.6 Å². The molecule has 2 aromatic heterocycles. The lowest BCUT2D eigenvalue weighted by Gasteiger charge is -2.08. The molecule has 3 rings (SSSR count). The van der Waals surface area contributed by atoms with Crippen LogP contribution in [-0.4, -0.2) is 19.3 Å². The van der Waals surface area contributed by atoms with E-state index in [-0.39, 0.29) is 0 Å². The van der Waals surface area contributed by atoms with Crippen LogP contribution in [0, 0.1) is 6.92 Å². The highest BCUT2D eigenvalue weighted by atomic mass is 35.5. The monoisotopic (exact) mass is 294 g/mol. The summed E-state index contributed by atoms with van der Waals surface area (Å²) >= 11 is 12.1. The van der Waals surface area contributed by atoms with Crippen LogP contribution in [0.1, 0.15) is 11.5 Å². The maximum atomic E-state index is 6.06. The van der Waals surface area contributed by atoms with Crippen molar-refractivity contribution in [2.45, 2.75) is 12.8 Å². The summed E-state index contributed by atoms with van der Waals surface area (Å²) in [6.07, 6.45) is 0. The third-order valence-electron chi connectivity index (χ3n) is 3.06. The molecule has 0 spiro atoms. The number of alkyl halides is 1. The molecule has 0 atom stereocenters. The van der Waals surface area contributed by atoms with Gasteiger partial charge < -0.3 is 0 Å². The number of hydrogen-bond donors (Lipinski definition) is 0. The van der Waals surface area contributed by atoms with Crippen LogP contribution in [0.15, 0.2) is 24.3 Å². The minimum atomic E-state index is 0.334. The van der Waals surface area contributed by atoms with E-state index >= 15 is 0 Å². The molecule has 3 aromatic rings. The second-order valence-electron chi connectivity index (χ2n) is 4.36. The molecule has 4 nitrogen and oxygen atoms in total. The average Bonchev–Trinajstić information content (AvgIpc) is 2.88. The molecule has 1 aromatic carbocycles. The zero-order valence-corrected chi connectivity index (χ0v) is 12.1. The summed E-state index contributed by atoms with van der Waals surface area (Å²) in [5, 5.41) is 5.07. The molecule has 98 valence electrons. The average molecular weight is 295 g/mol. The molecule has 0 saturated heterocycles. The molecular weight excluding hydrogens is 283 g/mol. The highest BCUT2D eigenvalue weighted by Crippen LogP contribution is 2.25. The third-order valence-corrected chi connectivity index (χ3v) is 3.53. The molecule has 0 aliphatic rings. The summed E-state index contributed by atoms with van der Waals surface area (Å²) in [5.74, 6) is 1.12. The molecule has 0 N–H and O–H groups in total. The minimum absolute atomic E-state index is 0.334. The lowest BCUT2D eigenvalue weighted by molar-refractivity contribution is 0.755. The Morgan fingerprint density at radius 1 is 1.32 bits per heavy atom. The number of benzene rings is 1. The van der Waals surface area contributed by atoms with Gasteiger partial charge in [0, 0.05) is 12.1 Å². The predicted octanol–water partition coefficient (Wildman–Crippen LogP) is 3.46. The Bertz CT molecular complexity index is 757. The Kier molecular flexibility index (Phi) is 2.99. The Morgan fingerprint density at radius 3 is 2.79 bits per heavy atom. The number of halogens is 2. The first-order valence-corrected chi connectivity index (χ1v) is 6.76. The summed E-state index contributed by atoms with van der Waals surface area (Å²) in [6, 6.07) is 7.62. The number of rotatable bonds is 2. The van der Waals surface area contributed by atoms with E-state index in [1.807, 2.05) is 47.5 Å². The van der Waals surface area contributed by atoms with Gasteiger partial charge in [-0.05, 0) is 25.1 Å². The highest BCUT2D eigenvalue weighted by molar-refractivity contribution is 6.30. The van der Waals surface area contributed by atoms with E-state index in [4.69, 9.17) is 23.2 Å². The van der Waals surface area contributed by atoms with Gasteiger partial charge in [-0.15, -0.1) is 11.6 Å². The van der Waals surface area contributed by atoms with Gasteiger partial charge in [-0.25, -0.2) is 9.67 Å². The van der Waals surface area contributed by atoms with Gasteiger partial charge in [-0.2, -0.15) is 5.10 Å². The highest BCUT2D eigenvalue weighted by Gasteiger charge is 2.17. The zero-order valence-electron chi connectivity index (χ0n) is 10.6. The summed E-state index contributed by atoms with van der Waals surface area (Å²) in [7, 11) is 1.90. The molecule has 6 heteroatoms. The van der Waals surface area contributed by atoms with Crippen molar-refractivity contribution in [1.29, 1.82) is 0 Å². The zero-order chi connectivity index (χ0) is 13.6. The fourth-order valence-electron chi connectivity index (χ4n) is 2.29. The van der Waals surface area contributed by atoms with E-state index in [2.05, 4.69) is 10.1 Å². The van der Waals surface area contributed by atoms with Gasteiger partial charge in [0.05, 0.1) is 17.3 Å². The lowest BCUT2D eigenvalue weighted by atomic mass is 10.3. The van der Waals surface area contributed by atoms with E-state index in [0.29, 0.717) is 10.9 Å². The molecular formula is C13H12Cl2N4. The number of imidazole rings is 1. The van der Waals surface area contributed by atoms with Crippen LogP contribution >= 0.6 is 23.2 Å². The predicted molar refractivity (Wildman–Crippen MR) is 77.1 cm³/mol. The van der Waals surface area contributed by atoms with Gasteiger partial charge in [-0.1, -0.05) is 17.7 Å². The first-order valence-electron chi connectivity index (χ1n) is 5.84. The normalized spacial score (nSPS) is 11.4. The second-order valence-corrected chi connectivity index (χ2v) is 5.06. The SMILES string of the molecule is Cc1nn(C)c2c1nc(CCl)n2-c1cccc(Cl)c1. The van der Waals surface area contributed by atoms with Crippen molar-refractivity contribution in [3.05, 3.63) is 40.8 Å². The van der Waals surface area contributed by atoms with Crippen LogP contribution < -0.4 is 0 Å². The Balaban J connectivity index is 2.38. The molecule has 0 bridgehead atoms. The fourth-order valence-corrected chi connectivity index (χ4v) is 2.66. The molecule has 0 radical (unpaired) electrons. The van der Waals surface area contributed by atoms with Gasteiger partial charge in [0.1, 0.15) is 11.3 Å². The molecule has 0 saturated carbocycles. The molecule has 0 aliphatic heterocycles. The lowest BCUT2D eigenvalue weighted by Crippen LogP contribution is -2.04. The van der Waals surface area contributed by atoms with Gasteiger partial charge in [0.2, 0.25) is 0 Å². The van der Waals surface area contributed by atoms with Crippen LogP contribution in [0.2, 0.25) is 5.02 Å². The van der Waals surface area contributed by atoms with E-state index in [0.717, 1.165) is 28.4 Å². The van der Waals surface area contributed by atoms with Crippen molar-refractivity contribution in [2.75, 3.05) is 0 Å². The van der Waals surface area contributed by atoms with E-state index in [9.17, 15) is 0 Å². The van der Waals surface area contributed by atoms with Gasteiger partial charge in [-0.3, -0.25) is 4.57 Å². The minimum Gasteiger partial charge on any atom is -0.280 e. The number of nitrogens with zero attached hydrogens (tertiary/aromatic N) is 4. The van der Waals surface area contributed by atoms with Crippen LogP contribution in [0.3, 0.4) is 0 Å². The quantitative estimate of drug-likeness (QED) is 0.679. The third kappa shape index (κ3) is 1.91. The van der Waals surface area contributed by atoms with Crippen LogP contribution in [0.4, 0.5) is 0 Å². The van der Waals surface area contributed by atoms with E-state index in [1.165, 1.54) is 0 Å². The van der Waals surface area contributed by atoms with Crippen LogP contribution in [0.25, 0.3) is 16.9 Å². The number of fused-ring (bicyclic) bond motifs is 1. The van der Waals surface area contributed by atoms with Gasteiger partial charge in [0.15, 0.2) is 5.65 Å². The van der Waals surface area contributed by atoms with Gasteiger partial charge in [0.25, 0.3) is 0 Å². The number of aromatic nitrogens is 4. The van der Waals surface area contributed by atoms with Crippen molar-refractivity contribution < 1.29 is 0 Å². The largest absolute Gasteiger partial charge is 0.280 e. The molecule has 0 unspecified atom stereocenters. The van der Waals surface area contributed by atoms with Crippen molar-refractivity contribution in [1.82, 2.24) is 19.3 Å². The van der Waals surface area contributed by atoms with Crippen molar-refractivity contribution in [3.8, 4) is 5.69 Å². The second kappa shape index (κ2) is 4.54. The molecule has 2 heterocycles. The van der Waals surface area contributed by atoms with E-state index in [1.54, 1.807) is 0 Å². The van der Waals surface area contributed by atoms with Crippen molar-refractivity contribution in [2.24, 2.45) is 7.05 Å². The maximum Gasteiger partial charge on any atom is 0.163 e. The molecule has 0 amide bonds. The van der Waals surface area contributed by atoms with Crippen molar-refractivity contribution >= 4 is 34.4 Å². The molecule has 0 fully saturated rings. The summed E-state index contributed by atoms with van der Waals surface area (Å²) in [4.78, 5) is 4.56. The first kappa shape index (κ1) is 12.5. The first-order chi connectivity index (χ1) is 9.11. The standard InChI is InChI=1S/C13H12Cl2N4/c1-8-12-13(18(2)17-8)19(11(7-14)16-12)10-5-3-4-9(15)6-10/h3-6H,7H2,1-2H3. The Hall–Kier alpha value is -1.52. The summed E-state index contributed by atoms with van der Waals surface area (Å²) in [6.45, 7) is 1.94. The summed E-state index contributed by atoms with van der Waals surface area (Å²) < 4.78 is 3.81. The maximum absolute atomic E-state index is 6.06. The van der Waals surface area contributed by atoms with Gasteiger partial charge >= 0.3 is 0 Å².